The van der Waals surface area contributed by atoms with Crippen molar-refractivity contribution in [1.82, 2.24) is 0 Å². The van der Waals surface area contributed by atoms with Gasteiger partial charge in [0.2, 0.25) is 0 Å². The van der Waals surface area contributed by atoms with Gasteiger partial charge in [0.25, 0.3) is 0 Å². The van der Waals surface area contributed by atoms with Crippen LogP contribution in [0, 0.1) is 6.92 Å². The molecule has 0 saturated heterocycles. The Labute approximate surface area is 105 Å². The molecule has 1 radical (unpaired) electrons. The van der Waals surface area contributed by atoms with Crippen LogP contribution in [0.3, 0.4) is 0 Å². The van der Waals surface area contributed by atoms with Crippen molar-refractivity contribution in [3.05, 3.63) is 6.92 Å². The fraction of sp³-hybridized carbons (Fsp3) is 0.909. The maximum atomic E-state index is 6.37. The Morgan fingerprint density at radius 2 is 1.38 bits per heavy atom. The Morgan fingerprint density at radius 1 is 0.875 bits per heavy atom. The van der Waals surface area contributed by atoms with Gasteiger partial charge in [-0.15, -0.1) is 0 Å². The summed E-state index contributed by atoms with van der Waals surface area (Å²) in [5.41, 5.74) is 0. The normalized spacial score (nSPS) is 14.2. The zero-order valence-electron chi connectivity index (χ0n) is 12.1. The SMILES string of the molecule is [CH2]CCC[Si](C)(C)O[Si](C)(C)O[Si](C)(C)C. The Balaban J connectivity index is 4.33. The van der Waals surface area contributed by atoms with Crippen molar-refractivity contribution in [2.45, 2.75) is 64.7 Å². The van der Waals surface area contributed by atoms with E-state index in [0.29, 0.717) is 0 Å². The van der Waals surface area contributed by atoms with Crippen LogP contribution in [-0.2, 0) is 8.23 Å². The monoisotopic (exact) mass is 277 g/mol. The van der Waals surface area contributed by atoms with Crippen LogP contribution < -0.4 is 0 Å². The van der Waals surface area contributed by atoms with Crippen LogP contribution in [-0.4, -0.2) is 25.2 Å². The summed E-state index contributed by atoms with van der Waals surface area (Å²) in [4.78, 5) is 0. The number of unbranched alkanes of at least 4 members (excludes halogenated alkanes) is 1. The predicted octanol–water partition coefficient (Wildman–Crippen LogP) is 4.38. The first kappa shape index (κ1) is 16.6. The predicted molar refractivity (Wildman–Crippen MR) is 79.9 cm³/mol. The zero-order valence-corrected chi connectivity index (χ0v) is 15.1. The smallest absolute Gasteiger partial charge is 0.311 e. The molecule has 0 fully saturated rings. The summed E-state index contributed by atoms with van der Waals surface area (Å²) in [6, 6.07) is 1.20. The van der Waals surface area contributed by atoms with Crippen molar-refractivity contribution in [2.24, 2.45) is 0 Å². The quantitative estimate of drug-likeness (QED) is 0.643. The Kier molecular flexibility index (Phi) is 6.16. The van der Waals surface area contributed by atoms with Gasteiger partial charge in [-0.25, -0.2) is 0 Å². The number of hydrogen-bond donors (Lipinski definition) is 0. The second kappa shape index (κ2) is 5.95. The van der Waals surface area contributed by atoms with E-state index < -0.39 is 25.2 Å². The fourth-order valence-corrected chi connectivity index (χ4v) is 15.3. The number of hydrogen-bond acceptors (Lipinski definition) is 2. The third-order valence-corrected chi connectivity index (χ3v) is 12.3. The molecule has 0 aliphatic heterocycles. The highest BCUT2D eigenvalue weighted by molar-refractivity contribution is 6.87. The van der Waals surface area contributed by atoms with Gasteiger partial charge in [0, 0.05) is 0 Å². The topological polar surface area (TPSA) is 18.5 Å². The van der Waals surface area contributed by atoms with Crippen molar-refractivity contribution in [2.75, 3.05) is 0 Å². The van der Waals surface area contributed by atoms with E-state index in [0.717, 1.165) is 6.42 Å². The standard InChI is InChI=1S/C11H29O2Si3/c1-9-10-11-15(5,6)13-16(7,8)12-14(2,3)4/h1,9-11H2,2-8H3. The highest BCUT2D eigenvalue weighted by Gasteiger charge is 2.37. The number of rotatable bonds is 7. The first-order chi connectivity index (χ1) is 6.97. The van der Waals surface area contributed by atoms with Gasteiger partial charge in [-0.1, -0.05) is 19.8 Å². The van der Waals surface area contributed by atoms with Crippen LogP contribution in [0.15, 0.2) is 0 Å². The molecule has 0 aromatic carbocycles. The molecule has 0 aliphatic rings. The average molecular weight is 278 g/mol. The Hall–Kier alpha value is 0.571. The molecule has 0 N–H and O–H groups in total. The van der Waals surface area contributed by atoms with E-state index in [1.165, 1.54) is 12.5 Å². The van der Waals surface area contributed by atoms with Crippen LogP contribution in [0.4, 0.5) is 0 Å². The van der Waals surface area contributed by atoms with Crippen LogP contribution >= 0.6 is 0 Å². The van der Waals surface area contributed by atoms with Crippen LogP contribution in [0.5, 0.6) is 0 Å². The molecule has 0 spiro atoms. The molecule has 0 aromatic rings. The van der Waals surface area contributed by atoms with Gasteiger partial charge < -0.3 is 8.23 Å². The molecular weight excluding hydrogens is 248 g/mol. The molecule has 0 amide bonds. The lowest BCUT2D eigenvalue weighted by Gasteiger charge is -2.37. The van der Waals surface area contributed by atoms with E-state index in [1.807, 2.05) is 0 Å². The average Bonchev–Trinajstić information content (AvgIpc) is 1.93. The second-order valence-corrected chi connectivity index (χ2v) is 19.1. The highest BCUT2D eigenvalue weighted by Crippen LogP contribution is 2.23. The Bertz CT molecular complexity index is 210. The minimum Gasteiger partial charge on any atom is -0.437 e. The summed E-state index contributed by atoms with van der Waals surface area (Å²) >= 11 is 0. The van der Waals surface area contributed by atoms with Gasteiger partial charge in [0.05, 0.1) is 0 Å². The van der Waals surface area contributed by atoms with E-state index in [9.17, 15) is 0 Å². The van der Waals surface area contributed by atoms with Crippen molar-refractivity contribution in [3.8, 4) is 0 Å². The van der Waals surface area contributed by atoms with E-state index in [4.69, 9.17) is 8.23 Å². The zero-order chi connectivity index (χ0) is 13.0. The van der Waals surface area contributed by atoms with Gasteiger partial charge in [0.1, 0.15) is 0 Å². The van der Waals surface area contributed by atoms with Crippen molar-refractivity contribution < 1.29 is 8.23 Å². The lowest BCUT2D eigenvalue weighted by atomic mass is 10.4. The van der Waals surface area contributed by atoms with Crippen molar-refractivity contribution in [3.63, 3.8) is 0 Å². The minimum absolute atomic E-state index is 1.01. The molecule has 0 unspecified atom stereocenters. The lowest BCUT2D eigenvalue weighted by molar-refractivity contribution is 0.391. The van der Waals surface area contributed by atoms with Gasteiger partial charge in [0.15, 0.2) is 16.6 Å². The molecule has 0 aliphatic carbocycles. The molecule has 0 heterocycles. The molecule has 0 bridgehead atoms. The van der Waals surface area contributed by atoms with Crippen LogP contribution in [0.2, 0.25) is 51.9 Å². The summed E-state index contributed by atoms with van der Waals surface area (Å²) in [6.45, 7) is 19.6. The van der Waals surface area contributed by atoms with Gasteiger partial charge in [-0.3, -0.25) is 0 Å². The highest BCUT2D eigenvalue weighted by atomic mass is 28.5. The van der Waals surface area contributed by atoms with E-state index in [2.05, 4.69) is 52.8 Å². The fourth-order valence-electron chi connectivity index (χ4n) is 2.03. The third kappa shape index (κ3) is 8.69. The maximum Gasteiger partial charge on any atom is 0.311 e. The summed E-state index contributed by atoms with van der Waals surface area (Å²) in [7, 11) is -4.94. The van der Waals surface area contributed by atoms with E-state index >= 15 is 0 Å². The second-order valence-electron chi connectivity index (χ2n) is 6.43. The van der Waals surface area contributed by atoms with Crippen molar-refractivity contribution >= 4 is 25.2 Å². The molecule has 0 atom stereocenters. The van der Waals surface area contributed by atoms with E-state index in [-0.39, 0.29) is 0 Å². The summed E-state index contributed by atoms with van der Waals surface area (Å²) in [6.07, 6.45) is 2.19. The first-order valence-electron chi connectivity index (χ1n) is 6.17. The molecule has 2 nitrogen and oxygen atoms in total. The molecule has 0 saturated carbocycles. The molecule has 5 heteroatoms. The first-order valence-corrected chi connectivity index (χ1v) is 15.5. The summed E-state index contributed by atoms with van der Waals surface area (Å²) in [5.74, 6) is 0. The maximum absolute atomic E-state index is 6.37. The van der Waals surface area contributed by atoms with Gasteiger partial charge in [-0.2, -0.15) is 0 Å². The molecular formula is C11H29O2Si3. The minimum atomic E-state index is -1.92. The summed E-state index contributed by atoms with van der Waals surface area (Å²) in [5, 5.41) is 0. The molecule has 16 heavy (non-hydrogen) atoms. The van der Waals surface area contributed by atoms with Gasteiger partial charge >= 0.3 is 8.56 Å². The Morgan fingerprint density at radius 3 is 1.75 bits per heavy atom. The summed E-state index contributed by atoms with van der Waals surface area (Å²) < 4.78 is 12.6. The molecule has 97 valence electrons. The van der Waals surface area contributed by atoms with Gasteiger partial charge in [-0.05, 0) is 51.9 Å². The lowest BCUT2D eigenvalue weighted by Crippen LogP contribution is -2.51. The van der Waals surface area contributed by atoms with E-state index in [1.54, 1.807) is 0 Å². The third-order valence-electron chi connectivity index (χ3n) is 2.10. The molecule has 0 aromatic heterocycles. The van der Waals surface area contributed by atoms with Crippen molar-refractivity contribution in [1.29, 1.82) is 0 Å². The molecule has 0 rings (SSSR count). The largest absolute Gasteiger partial charge is 0.437 e. The van der Waals surface area contributed by atoms with Crippen LogP contribution in [0.25, 0.3) is 0 Å². The van der Waals surface area contributed by atoms with Crippen LogP contribution in [0.1, 0.15) is 12.8 Å².